The molecule has 2 N–H and O–H groups in total. The number of hydrogen-bond donors (Lipinski definition) is 2. The molecule has 1 aromatic carbocycles. The lowest BCUT2D eigenvalue weighted by Crippen LogP contribution is -2.33. The van der Waals surface area contributed by atoms with E-state index in [0.717, 1.165) is 0 Å². The Hall–Kier alpha value is -1.99. The second kappa shape index (κ2) is 7.56. The van der Waals surface area contributed by atoms with Gasteiger partial charge in [0.25, 0.3) is 0 Å². The molecule has 20 heavy (non-hydrogen) atoms. The quantitative estimate of drug-likeness (QED) is 0.687. The molecule has 2 aromatic rings. The monoisotopic (exact) mass is 280 g/mol. The fourth-order valence-corrected chi connectivity index (χ4v) is 1.62. The minimum atomic E-state index is -0.703. The lowest BCUT2D eigenvalue weighted by molar-refractivity contribution is 0.104. The summed E-state index contributed by atoms with van der Waals surface area (Å²) in [5.41, 5.74) is 0. The smallest absolute Gasteiger partial charge is 0.165 e. The van der Waals surface area contributed by atoms with Gasteiger partial charge in [0.15, 0.2) is 11.6 Å². The van der Waals surface area contributed by atoms with Gasteiger partial charge >= 0.3 is 0 Å². The Bertz CT molecular complexity index is 507. The molecule has 1 heterocycles. The first-order valence-electron chi connectivity index (χ1n) is 6.36. The van der Waals surface area contributed by atoms with Crippen molar-refractivity contribution in [3.63, 3.8) is 0 Å². The van der Waals surface area contributed by atoms with Crippen LogP contribution in [0.4, 0.5) is 4.39 Å². The van der Waals surface area contributed by atoms with E-state index >= 15 is 0 Å². The molecular weight excluding hydrogens is 263 g/mol. The number of aliphatic hydroxyl groups is 1. The number of nitrogens with zero attached hydrogens (tertiary/aromatic N) is 3. The molecule has 0 aliphatic heterocycles. The summed E-state index contributed by atoms with van der Waals surface area (Å²) in [6, 6.07) is 6.11. The molecule has 0 saturated heterocycles. The van der Waals surface area contributed by atoms with Crippen LogP contribution >= 0.6 is 0 Å². The summed E-state index contributed by atoms with van der Waals surface area (Å²) in [5.74, 6) is -0.284. The molecule has 1 atom stereocenters. The van der Waals surface area contributed by atoms with E-state index in [0.29, 0.717) is 19.6 Å². The minimum absolute atomic E-state index is 0.0389. The van der Waals surface area contributed by atoms with Gasteiger partial charge in [-0.2, -0.15) is 0 Å². The van der Waals surface area contributed by atoms with Gasteiger partial charge < -0.3 is 15.2 Å². The van der Waals surface area contributed by atoms with E-state index < -0.39 is 11.9 Å². The molecule has 0 saturated carbocycles. The summed E-state index contributed by atoms with van der Waals surface area (Å²) in [7, 11) is 0. The second-order valence-corrected chi connectivity index (χ2v) is 4.27. The van der Waals surface area contributed by atoms with E-state index in [1.807, 2.05) is 0 Å². The number of hydrogen-bond acceptors (Lipinski definition) is 5. The van der Waals surface area contributed by atoms with Crippen molar-refractivity contribution in [3.05, 3.63) is 42.5 Å². The van der Waals surface area contributed by atoms with Crippen LogP contribution in [0.25, 0.3) is 0 Å². The third-order valence-electron chi connectivity index (χ3n) is 2.64. The lowest BCUT2D eigenvalue weighted by atomic mass is 10.3. The highest BCUT2D eigenvalue weighted by atomic mass is 19.1. The highest BCUT2D eigenvalue weighted by molar-refractivity contribution is 5.23. The third-order valence-corrected chi connectivity index (χ3v) is 2.64. The van der Waals surface area contributed by atoms with E-state index in [2.05, 4.69) is 15.6 Å². The van der Waals surface area contributed by atoms with E-state index in [1.165, 1.54) is 12.1 Å². The van der Waals surface area contributed by atoms with Crippen LogP contribution in [0.1, 0.15) is 0 Å². The van der Waals surface area contributed by atoms with Gasteiger partial charge in [0.2, 0.25) is 0 Å². The largest absolute Gasteiger partial charge is 0.488 e. The summed E-state index contributed by atoms with van der Waals surface area (Å²) in [4.78, 5) is 0. The van der Waals surface area contributed by atoms with Crippen LogP contribution in [-0.4, -0.2) is 45.9 Å². The zero-order chi connectivity index (χ0) is 14.2. The Morgan fingerprint density at radius 2 is 2.25 bits per heavy atom. The first-order chi connectivity index (χ1) is 9.75. The van der Waals surface area contributed by atoms with Gasteiger partial charge in [-0.15, -0.1) is 5.10 Å². The normalized spacial score (nSPS) is 12.3. The lowest BCUT2D eigenvalue weighted by Gasteiger charge is -2.13. The van der Waals surface area contributed by atoms with Crippen molar-refractivity contribution >= 4 is 0 Å². The zero-order valence-electron chi connectivity index (χ0n) is 10.9. The van der Waals surface area contributed by atoms with Crippen molar-refractivity contribution in [2.75, 3.05) is 19.7 Å². The fraction of sp³-hybridized carbons (Fsp3) is 0.385. The van der Waals surface area contributed by atoms with Gasteiger partial charge in [0.05, 0.1) is 12.7 Å². The van der Waals surface area contributed by atoms with Crippen molar-refractivity contribution in [3.8, 4) is 5.75 Å². The van der Waals surface area contributed by atoms with Crippen LogP contribution in [0.15, 0.2) is 36.7 Å². The molecule has 0 spiro atoms. The maximum atomic E-state index is 13.3. The number of para-hydroxylation sites is 1. The molecule has 1 aromatic heterocycles. The van der Waals surface area contributed by atoms with Crippen LogP contribution in [-0.2, 0) is 6.54 Å². The SMILES string of the molecule is OC(CNCCn1ccnn1)COc1ccccc1F. The van der Waals surface area contributed by atoms with Crippen molar-refractivity contribution in [1.29, 1.82) is 0 Å². The molecule has 0 radical (unpaired) electrons. The summed E-state index contributed by atoms with van der Waals surface area (Å²) < 4.78 is 20.2. The van der Waals surface area contributed by atoms with Gasteiger partial charge in [-0.25, -0.2) is 4.39 Å². The molecule has 0 aliphatic rings. The first kappa shape index (κ1) is 14.4. The topological polar surface area (TPSA) is 72.2 Å². The van der Waals surface area contributed by atoms with Gasteiger partial charge in [-0.1, -0.05) is 17.3 Å². The number of rotatable bonds is 8. The van der Waals surface area contributed by atoms with E-state index in [-0.39, 0.29) is 12.4 Å². The molecule has 108 valence electrons. The molecule has 6 nitrogen and oxygen atoms in total. The van der Waals surface area contributed by atoms with Gasteiger partial charge in [-0.05, 0) is 12.1 Å². The van der Waals surface area contributed by atoms with E-state index in [9.17, 15) is 9.50 Å². The Kier molecular flexibility index (Phi) is 5.45. The van der Waals surface area contributed by atoms with Crippen molar-refractivity contribution < 1.29 is 14.2 Å². The van der Waals surface area contributed by atoms with Gasteiger partial charge in [0, 0.05) is 19.3 Å². The predicted molar refractivity (Wildman–Crippen MR) is 70.8 cm³/mol. The third kappa shape index (κ3) is 4.60. The van der Waals surface area contributed by atoms with Gasteiger partial charge in [-0.3, -0.25) is 4.68 Å². The zero-order valence-corrected chi connectivity index (χ0v) is 10.9. The molecular formula is C13H17FN4O2. The maximum Gasteiger partial charge on any atom is 0.165 e. The average Bonchev–Trinajstić information content (AvgIpc) is 2.96. The average molecular weight is 280 g/mol. The summed E-state index contributed by atoms with van der Waals surface area (Å²) >= 11 is 0. The van der Waals surface area contributed by atoms with Gasteiger partial charge in [0.1, 0.15) is 12.7 Å². The molecule has 1 unspecified atom stereocenters. The van der Waals surface area contributed by atoms with E-state index in [1.54, 1.807) is 29.2 Å². The van der Waals surface area contributed by atoms with Crippen LogP contribution < -0.4 is 10.1 Å². The highest BCUT2D eigenvalue weighted by Crippen LogP contribution is 2.15. The van der Waals surface area contributed by atoms with Crippen LogP contribution in [0, 0.1) is 5.82 Å². The standard InChI is InChI=1S/C13H17FN4O2/c14-12-3-1-2-4-13(12)20-10-11(19)9-15-5-7-18-8-6-16-17-18/h1-4,6,8,11,15,19H,5,7,9-10H2. The van der Waals surface area contributed by atoms with Crippen molar-refractivity contribution in [2.24, 2.45) is 0 Å². The Morgan fingerprint density at radius 1 is 1.40 bits per heavy atom. The molecule has 0 fully saturated rings. The molecule has 0 amide bonds. The summed E-state index contributed by atoms with van der Waals surface area (Å²) in [5, 5.41) is 20.3. The Labute approximate surface area is 116 Å². The Morgan fingerprint density at radius 3 is 3.00 bits per heavy atom. The number of benzene rings is 1. The molecule has 0 aliphatic carbocycles. The number of aromatic nitrogens is 3. The second-order valence-electron chi connectivity index (χ2n) is 4.27. The first-order valence-corrected chi connectivity index (χ1v) is 6.36. The number of aliphatic hydroxyl groups excluding tert-OH is 1. The number of halogens is 1. The van der Waals surface area contributed by atoms with E-state index in [4.69, 9.17) is 4.74 Å². The molecule has 7 heteroatoms. The molecule has 2 rings (SSSR count). The minimum Gasteiger partial charge on any atom is -0.488 e. The predicted octanol–water partition coefficient (Wildman–Crippen LogP) is 0.447. The van der Waals surface area contributed by atoms with Crippen LogP contribution in [0.5, 0.6) is 5.75 Å². The number of ether oxygens (including phenoxy) is 1. The highest BCUT2D eigenvalue weighted by Gasteiger charge is 2.07. The summed E-state index contributed by atoms with van der Waals surface area (Å²) in [6.07, 6.45) is 2.67. The van der Waals surface area contributed by atoms with Crippen molar-refractivity contribution in [1.82, 2.24) is 20.3 Å². The fourth-order valence-electron chi connectivity index (χ4n) is 1.62. The summed E-state index contributed by atoms with van der Waals surface area (Å²) in [6.45, 7) is 1.72. The molecule has 0 bridgehead atoms. The Balaban J connectivity index is 1.61. The maximum absolute atomic E-state index is 13.3. The van der Waals surface area contributed by atoms with Crippen LogP contribution in [0.2, 0.25) is 0 Å². The van der Waals surface area contributed by atoms with Crippen molar-refractivity contribution in [2.45, 2.75) is 12.6 Å². The number of nitrogens with one attached hydrogen (secondary N) is 1. The van der Waals surface area contributed by atoms with Crippen LogP contribution in [0.3, 0.4) is 0 Å².